The highest BCUT2D eigenvalue weighted by Gasteiger charge is 2.11. The molecular weight excluding hydrogens is 322 g/mol. The van der Waals surface area contributed by atoms with Gasteiger partial charge in [0.05, 0.1) is 11.1 Å². The van der Waals surface area contributed by atoms with Gasteiger partial charge in [-0.2, -0.15) is 5.10 Å². The largest absolute Gasteiger partial charge is 0.480 e. The van der Waals surface area contributed by atoms with Gasteiger partial charge >= 0.3 is 0 Å². The normalized spacial score (nSPS) is 10.2. The number of hydrazone groups is 1. The summed E-state index contributed by atoms with van der Waals surface area (Å²) >= 11 is 0. The summed E-state index contributed by atoms with van der Waals surface area (Å²) < 4.78 is 5.32. The molecule has 0 atom stereocenters. The molecule has 0 aliphatic rings. The Labute approximate surface area is 144 Å². The highest BCUT2D eigenvalue weighted by Crippen LogP contribution is 2.22. The highest BCUT2D eigenvalue weighted by atomic mass is 16.6. The van der Waals surface area contributed by atoms with Crippen molar-refractivity contribution in [1.82, 2.24) is 5.43 Å². The van der Waals surface area contributed by atoms with Crippen LogP contribution in [0.4, 0.5) is 5.69 Å². The molecule has 0 aromatic heterocycles. The molecule has 1 N–H and O–H groups in total. The number of nitro benzene ring substituents is 1. The number of terminal acetylenes is 1. The second-order valence-electron chi connectivity index (χ2n) is 4.99. The molecule has 2 aromatic rings. The first-order valence-corrected chi connectivity index (χ1v) is 7.26. The molecule has 0 saturated heterocycles. The van der Waals surface area contributed by atoms with E-state index in [-0.39, 0.29) is 18.2 Å². The lowest BCUT2D eigenvalue weighted by Crippen LogP contribution is -2.18. The first-order chi connectivity index (χ1) is 12.0. The first kappa shape index (κ1) is 17.7. The SMILES string of the molecule is C#CCOc1ccc([N+](=O)[O-])cc1/C=N\NC(=O)c1ccccc1C. The number of nitro groups is 1. The van der Waals surface area contributed by atoms with E-state index in [4.69, 9.17) is 11.2 Å². The van der Waals surface area contributed by atoms with Gasteiger partial charge in [-0.25, -0.2) is 5.43 Å². The molecule has 0 bridgehead atoms. The van der Waals surface area contributed by atoms with Gasteiger partial charge in [0.25, 0.3) is 11.6 Å². The van der Waals surface area contributed by atoms with Crippen LogP contribution in [0.5, 0.6) is 5.75 Å². The fourth-order valence-electron chi connectivity index (χ4n) is 2.05. The summed E-state index contributed by atoms with van der Waals surface area (Å²) in [5.74, 6) is 2.26. The van der Waals surface area contributed by atoms with Gasteiger partial charge in [-0.15, -0.1) is 6.42 Å². The van der Waals surface area contributed by atoms with Crippen LogP contribution in [0.15, 0.2) is 47.6 Å². The van der Waals surface area contributed by atoms with Crippen molar-refractivity contribution in [3.05, 3.63) is 69.3 Å². The molecule has 7 heteroatoms. The lowest BCUT2D eigenvalue weighted by atomic mass is 10.1. The zero-order valence-electron chi connectivity index (χ0n) is 13.4. The Morgan fingerprint density at radius 3 is 2.84 bits per heavy atom. The van der Waals surface area contributed by atoms with Crippen LogP contribution >= 0.6 is 0 Å². The predicted octanol–water partition coefficient (Wildman–Crippen LogP) is 2.68. The Bertz CT molecular complexity index is 869. The van der Waals surface area contributed by atoms with Crippen molar-refractivity contribution in [3.63, 3.8) is 0 Å². The number of ether oxygens (including phenoxy) is 1. The number of nitrogens with zero attached hydrogens (tertiary/aromatic N) is 2. The van der Waals surface area contributed by atoms with Crippen molar-refractivity contribution >= 4 is 17.8 Å². The summed E-state index contributed by atoms with van der Waals surface area (Å²) in [4.78, 5) is 22.5. The molecular formula is C18H15N3O4. The number of aryl methyl sites for hydroxylation is 1. The summed E-state index contributed by atoms with van der Waals surface area (Å²) in [5, 5.41) is 14.8. The van der Waals surface area contributed by atoms with Crippen LogP contribution in [0.1, 0.15) is 21.5 Å². The lowest BCUT2D eigenvalue weighted by molar-refractivity contribution is -0.384. The van der Waals surface area contributed by atoms with Crippen molar-refractivity contribution in [2.45, 2.75) is 6.92 Å². The summed E-state index contributed by atoms with van der Waals surface area (Å²) in [7, 11) is 0. The number of amides is 1. The topological polar surface area (TPSA) is 93.8 Å². The van der Waals surface area contributed by atoms with Crippen LogP contribution in [-0.4, -0.2) is 23.7 Å². The maximum absolute atomic E-state index is 12.1. The van der Waals surface area contributed by atoms with Gasteiger partial charge < -0.3 is 4.74 Å². The van der Waals surface area contributed by atoms with Crippen molar-refractivity contribution in [2.24, 2.45) is 5.10 Å². The van der Waals surface area contributed by atoms with Gasteiger partial charge in [0.2, 0.25) is 0 Å². The Morgan fingerprint density at radius 1 is 1.40 bits per heavy atom. The monoisotopic (exact) mass is 337 g/mol. The van der Waals surface area contributed by atoms with Crippen LogP contribution in [-0.2, 0) is 0 Å². The van der Waals surface area contributed by atoms with E-state index >= 15 is 0 Å². The summed E-state index contributed by atoms with van der Waals surface area (Å²) in [6.45, 7) is 1.82. The average Bonchev–Trinajstić information content (AvgIpc) is 2.60. The number of rotatable bonds is 6. The van der Waals surface area contributed by atoms with E-state index in [2.05, 4.69) is 16.4 Å². The predicted molar refractivity (Wildman–Crippen MR) is 93.7 cm³/mol. The number of non-ortho nitro benzene ring substituents is 1. The van der Waals surface area contributed by atoms with Crippen LogP contribution in [0.3, 0.4) is 0 Å². The Kier molecular flexibility index (Phi) is 5.85. The maximum atomic E-state index is 12.1. The molecule has 0 radical (unpaired) electrons. The zero-order valence-corrected chi connectivity index (χ0v) is 13.4. The van der Waals surface area contributed by atoms with E-state index in [1.807, 2.05) is 19.1 Å². The van der Waals surface area contributed by atoms with Crippen molar-refractivity contribution in [3.8, 4) is 18.1 Å². The molecule has 0 heterocycles. The third-order valence-corrected chi connectivity index (χ3v) is 3.27. The molecule has 2 aromatic carbocycles. The lowest BCUT2D eigenvalue weighted by Gasteiger charge is -2.06. The summed E-state index contributed by atoms with van der Waals surface area (Å²) in [6, 6.07) is 11.1. The quantitative estimate of drug-likeness (QED) is 0.379. The molecule has 0 unspecified atom stereocenters. The standard InChI is InChI=1S/C18H15N3O4/c1-3-10-25-17-9-8-15(21(23)24)11-14(17)12-19-20-18(22)16-7-5-4-6-13(16)2/h1,4-9,11-12H,10H2,2H3,(H,20,22)/b19-12-. The number of nitrogens with one attached hydrogen (secondary N) is 1. The number of carbonyl (C=O) groups is 1. The third-order valence-electron chi connectivity index (χ3n) is 3.27. The van der Waals surface area contributed by atoms with E-state index in [9.17, 15) is 14.9 Å². The van der Waals surface area contributed by atoms with Gasteiger partial charge in [0.15, 0.2) is 0 Å². The number of benzene rings is 2. The smallest absolute Gasteiger partial charge is 0.271 e. The fourth-order valence-corrected chi connectivity index (χ4v) is 2.05. The Balaban J connectivity index is 2.19. The summed E-state index contributed by atoms with van der Waals surface area (Å²) in [6.07, 6.45) is 6.42. The van der Waals surface area contributed by atoms with Crippen LogP contribution in [0, 0.1) is 29.4 Å². The van der Waals surface area contributed by atoms with Gasteiger partial charge in [0.1, 0.15) is 12.4 Å². The van der Waals surface area contributed by atoms with E-state index in [1.165, 1.54) is 24.4 Å². The average molecular weight is 337 g/mol. The molecule has 2 rings (SSSR count). The molecule has 0 aliphatic heterocycles. The van der Waals surface area contributed by atoms with E-state index < -0.39 is 4.92 Å². The Morgan fingerprint density at radius 2 is 2.16 bits per heavy atom. The zero-order chi connectivity index (χ0) is 18.2. The molecule has 7 nitrogen and oxygen atoms in total. The van der Waals surface area contributed by atoms with Crippen molar-refractivity contribution in [1.29, 1.82) is 0 Å². The number of hydrogen-bond acceptors (Lipinski definition) is 5. The minimum Gasteiger partial charge on any atom is -0.480 e. The van der Waals surface area contributed by atoms with Gasteiger partial charge in [-0.1, -0.05) is 24.1 Å². The van der Waals surface area contributed by atoms with Gasteiger partial charge in [-0.3, -0.25) is 14.9 Å². The van der Waals surface area contributed by atoms with Crippen LogP contribution < -0.4 is 10.2 Å². The number of carbonyl (C=O) groups excluding carboxylic acids is 1. The van der Waals surface area contributed by atoms with E-state index in [1.54, 1.807) is 12.1 Å². The summed E-state index contributed by atoms with van der Waals surface area (Å²) in [5.41, 5.74) is 3.89. The Hall–Kier alpha value is -3.66. The molecule has 0 aliphatic carbocycles. The van der Waals surface area contributed by atoms with Crippen molar-refractivity contribution in [2.75, 3.05) is 6.61 Å². The van der Waals surface area contributed by atoms with Crippen LogP contribution in [0.25, 0.3) is 0 Å². The third kappa shape index (κ3) is 4.65. The second kappa shape index (κ2) is 8.26. The minimum absolute atomic E-state index is 0.00815. The first-order valence-electron chi connectivity index (χ1n) is 7.26. The van der Waals surface area contributed by atoms with Crippen LogP contribution in [0.2, 0.25) is 0 Å². The fraction of sp³-hybridized carbons (Fsp3) is 0.111. The van der Waals surface area contributed by atoms with Crippen molar-refractivity contribution < 1.29 is 14.5 Å². The molecule has 25 heavy (non-hydrogen) atoms. The van der Waals surface area contributed by atoms with E-state index in [0.717, 1.165) is 5.56 Å². The molecule has 126 valence electrons. The number of hydrogen-bond donors (Lipinski definition) is 1. The highest BCUT2D eigenvalue weighted by molar-refractivity contribution is 5.96. The maximum Gasteiger partial charge on any atom is 0.271 e. The van der Waals surface area contributed by atoms with Gasteiger partial charge in [0, 0.05) is 23.3 Å². The second-order valence-corrected chi connectivity index (χ2v) is 4.99. The molecule has 0 fully saturated rings. The molecule has 0 saturated carbocycles. The minimum atomic E-state index is -0.534. The molecule has 1 amide bonds. The molecule has 0 spiro atoms. The van der Waals surface area contributed by atoms with E-state index in [0.29, 0.717) is 16.9 Å². The van der Waals surface area contributed by atoms with Gasteiger partial charge in [-0.05, 0) is 24.6 Å².